The number of aryl methyl sites for hydroxylation is 2. The summed E-state index contributed by atoms with van der Waals surface area (Å²) in [5.41, 5.74) is 3.92. The number of nitrogens with one attached hydrogen (secondary N) is 1. The van der Waals surface area contributed by atoms with Crippen LogP contribution < -0.4 is 10.9 Å². The van der Waals surface area contributed by atoms with Gasteiger partial charge in [0.25, 0.3) is 5.56 Å². The van der Waals surface area contributed by atoms with E-state index in [1.807, 2.05) is 26.0 Å². The number of benzene rings is 1. The Morgan fingerprint density at radius 1 is 1.05 bits per heavy atom. The molecule has 1 aliphatic carbocycles. The summed E-state index contributed by atoms with van der Waals surface area (Å²) in [4.78, 5) is 32.7. The van der Waals surface area contributed by atoms with E-state index >= 15 is 0 Å². The van der Waals surface area contributed by atoms with E-state index in [0.717, 1.165) is 28.4 Å². The average molecular weight is 560 g/mol. The molecule has 1 aromatic carbocycles. The Balaban J connectivity index is 0.000000339. The van der Waals surface area contributed by atoms with Gasteiger partial charge in [0.05, 0.1) is 17.6 Å². The molecule has 3 aromatic heterocycles. The minimum Gasteiger partial charge on any atom is -0.354 e. The molecule has 0 bridgehead atoms. The monoisotopic (exact) mass is 559 g/mol. The quantitative estimate of drug-likeness (QED) is 0.301. The molecule has 0 atom stereocenters. The minimum atomic E-state index is -0.177. The van der Waals surface area contributed by atoms with Gasteiger partial charge in [0.15, 0.2) is 0 Å². The number of terminal acetylenes is 1. The van der Waals surface area contributed by atoms with Crippen molar-refractivity contribution in [3.8, 4) is 35.2 Å². The molecule has 0 radical (unpaired) electrons. The van der Waals surface area contributed by atoms with Gasteiger partial charge in [0.2, 0.25) is 5.95 Å². The van der Waals surface area contributed by atoms with Crippen molar-refractivity contribution in [2.75, 3.05) is 26.0 Å². The van der Waals surface area contributed by atoms with Gasteiger partial charge in [-0.05, 0) is 52.9 Å². The zero-order valence-corrected chi connectivity index (χ0v) is 24.7. The van der Waals surface area contributed by atoms with E-state index in [4.69, 9.17) is 11.6 Å². The Hall–Kier alpha value is -3.80. The third-order valence-corrected chi connectivity index (χ3v) is 7.21. The zero-order valence-electron chi connectivity index (χ0n) is 24.0. The molecule has 8 nitrogen and oxygen atoms in total. The van der Waals surface area contributed by atoms with Gasteiger partial charge in [-0.15, -0.1) is 12.8 Å². The molecule has 1 N–H and O–H groups in total. The van der Waals surface area contributed by atoms with Gasteiger partial charge in [-0.2, -0.15) is 4.98 Å². The Bertz CT molecular complexity index is 1510. The van der Waals surface area contributed by atoms with Crippen LogP contribution in [0.15, 0.2) is 47.7 Å². The van der Waals surface area contributed by atoms with Gasteiger partial charge >= 0.3 is 0 Å². The van der Waals surface area contributed by atoms with Gasteiger partial charge < -0.3 is 10.2 Å². The molecule has 1 aliphatic rings. The minimum absolute atomic E-state index is 0.177. The van der Waals surface area contributed by atoms with E-state index in [2.05, 4.69) is 57.1 Å². The highest BCUT2D eigenvalue weighted by molar-refractivity contribution is 6.33. The molecule has 40 heavy (non-hydrogen) atoms. The predicted molar refractivity (Wildman–Crippen MR) is 166 cm³/mol. The van der Waals surface area contributed by atoms with Crippen LogP contribution in [-0.2, 0) is 7.05 Å². The van der Waals surface area contributed by atoms with Gasteiger partial charge in [0, 0.05) is 59.1 Å². The molecular formula is C31H38ClN7O. The summed E-state index contributed by atoms with van der Waals surface area (Å²) in [7, 11) is 6.08. The fraction of sp³-hybridized carbons (Fsp3) is 0.387. The molecule has 0 unspecified atom stereocenters. The number of anilines is 1. The number of hydrogen-bond donors (Lipinski definition) is 1. The van der Waals surface area contributed by atoms with Crippen LogP contribution in [0.3, 0.4) is 0 Å². The van der Waals surface area contributed by atoms with Crippen LogP contribution in [0.4, 0.5) is 5.95 Å². The third-order valence-electron chi connectivity index (χ3n) is 6.90. The summed E-state index contributed by atoms with van der Waals surface area (Å²) in [6, 6.07) is 8.19. The molecule has 210 valence electrons. The maximum absolute atomic E-state index is 13.0. The molecular weight excluding hydrogens is 522 g/mol. The lowest BCUT2D eigenvalue weighted by atomic mass is 9.95. The SMILES string of the molecule is C#C.CCNc1ncc2cc(-c3ccc(-c4cncc(C)n4)cc3Cl)c(=O)n(C)c2n1.CN(C)C1CCCCC1. The number of nitrogens with zero attached hydrogens (tertiary/aromatic N) is 6. The second kappa shape index (κ2) is 14.5. The first kappa shape index (κ1) is 30.7. The van der Waals surface area contributed by atoms with Crippen molar-refractivity contribution in [1.29, 1.82) is 0 Å². The summed E-state index contributed by atoms with van der Waals surface area (Å²) < 4.78 is 1.52. The topological polar surface area (TPSA) is 88.8 Å². The number of hydrogen-bond acceptors (Lipinski definition) is 7. The molecule has 0 amide bonds. The average Bonchev–Trinajstić information content (AvgIpc) is 2.97. The number of rotatable bonds is 5. The highest BCUT2D eigenvalue weighted by Gasteiger charge is 2.15. The van der Waals surface area contributed by atoms with Crippen molar-refractivity contribution < 1.29 is 0 Å². The normalized spacial score (nSPS) is 13.2. The molecule has 9 heteroatoms. The van der Waals surface area contributed by atoms with Crippen LogP contribution in [0, 0.1) is 19.8 Å². The highest BCUT2D eigenvalue weighted by Crippen LogP contribution is 2.31. The summed E-state index contributed by atoms with van der Waals surface area (Å²) in [5.74, 6) is 0.490. The Kier molecular flexibility index (Phi) is 11.2. The number of fused-ring (bicyclic) bond motifs is 1. The van der Waals surface area contributed by atoms with Gasteiger partial charge in [-0.3, -0.25) is 14.3 Å². The van der Waals surface area contributed by atoms with E-state index in [-0.39, 0.29) is 5.56 Å². The van der Waals surface area contributed by atoms with E-state index in [9.17, 15) is 4.79 Å². The first-order chi connectivity index (χ1) is 19.3. The highest BCUT2D eigenvalue weighted by atomic mass is 35.5. The maximum Gasteiger partial charge on any atom is 0.259 e. The zero-order chi connectivity index (χ0) is 29.2. The molecule has 0 aliphatic heterocycles. The molecule has 0 saturated heterocycles. The van der Waals surface area contributed by atoms with Crippen LogP contribution >= 0.6 is 11.6 Å². The van der Waals surface area contributed by atoms with E-state index in [1.54, 1.807) is 37.8 Å². The van der Waals surface area contributed by atoms with Crippen molar-refractivity contribution >= 4 is 28.6 Å². The number of pyridine rings is 1. The van der Waals surface area contributed by atoms with Gasteiger partial charge in [-0.1, -0.05) is 43.0 Å². The van der Waals surface area contributed by atoms with E-state index < -0.39 is 0 Å². The fourth-order valence-corrected chi connectivity index (χ4v) is 5.06. The van der Waals surface area contributed by atoms with Crippen molar-refractivity contribution in [2.45, 2.75) is 52.0 Å². The Morgan fingerprint density at radius 2 is 1.77 bits per heavy atom. The fourth-order valence-electron chi connectivity index (χ4n) is 4.78. The van der Waals surface area contributed by atoms with Gasteiger partial charge in [0.1, 0.15) is 5.65 Å². The lowest BCUT2D eigenvalue weighted by molar-refractivity contribution is 0.229. The number of aromatic nitrogens is 5. The van der Waals surface area contributed by atoms with Crippen LogP contribution in [0.5, 0.6) is 0 Å². The Morgan fingerprint density at radius 3 is 2.38 bits per heavy atom. The first-order valence-corrected chi connectivity index (χ1v) is 13.9. The lowest BCUT2D eigenvalue weighted by Crippen LogP contribution is -2.29. The molecule has 4 aromatic rings. The van der Waals surface area contributed by atoms with Gasteiger partial charge in [-0.25, -0.2) is 9.97 Å². The summed E-state index contributed by atoms with van der Waals surface area (Å²) in [6.07, 6.45) is 20.3. The molecule has 1 saturated carbocycles. The summed E-state index contributed by atoms with van der Waals surface area (Å²) in [5, 5.41) is 4.28. The smallest absolute Gasteiger partial charge is 0.259 e. The molecule has 5 rings (SSSR count). The van der Waals surface area contributed by atoms with Crippen LogP contribution in [0.25, 0.3) is 33.4 Å². The van der Waals surface area contributed by atoms with E-state index in [0.29, 0.717) is 34.3 Å². The maximum atomic E-state index is 13.0. The van der Waals surface area contributed by atoms with E-state index in [1.165, 1.54) is 36.7 Å². The second-order valence-corrected chi connectivity index (χ2v) is 10.3. The number of halogens is 1. The summed E-state index contributed by atoms with van der Waals surface area (Å²) >= 11 is 6.56. The third kappa shape index (κ3) is 7.44. The summed E-state index contributed by atoms with van der Waals surface area (Å²) in [6.45, 7) is 4.54. The molecule has 0 spiro atoms. The largest absolute Gasteiger partial charge is 0.354 e. The second-order valence-electron chi connectivity index (χ2n) is 9.92. The predicted octanol–water partition coefficient (Wildman–Crippen LogP) is 5.98. The first-order valence-electron chi connectivity index (χ1n) is 13.5. The Labute approximate surface area is 241 Å². The van der Waals surface area contributed by atoms with Crippen molar-refractivity contribution in [1.82, 2.24) is 29.4 Å². The molecule has 1 fully saturated rings. The van der Waals surface area contributed by atoms with Crippen molar-refractivity contribution in [3.05, 3.63) is 63.9 Å². The molecule has 3 heterocycles. The van der Waals surface area contributed by atoms with Crippen molar-refractivity contribution in [3.63, 3.8) is 0 Å². The standard InChI is InChI=1S/C21H19ClN6O.C8H17N.C2H2/c1-4-24-21-25-10-14-7-16(20(29)28(3)19(14)27-21)15-6-5-13(8-17(15)22)18-11-23-9-12(2)26-18;1-9(2)8-6-4-3-5-7-8;1-2/h5-11H,4H2,1-3H3,(H,24,25,27);8H,3-7H2,1-2H3;1-2H. The lowest BCUT2D eigenvalue weighted by Gasteiger charge is -2.27. The van der Waals surface area contributed by atoms with Crippen molar-refractivity contribution in [2.24, 2.45) is 7.05 Å². The van der Waals surface area contributed by atoms with Crippen LogP contribution in [0.2, 0.25) is 5.02 Å². The van der Waals surface area contributed by atoms with Crippen LogP contribution in [0.1, 0.15) is 44.7 Å². The van der Waals surface area contributed by atoms with Crippen LogP contribution in [-0.4, -0.2) is 56.1 Å².